The number of carbonyl (C=O) groups excluding carboxylic acids is 2. The molecule has 0 aromatic heterocycles. The van der Waals surface area contributed by atoms with Crippen molar-refractivity contribution in [2.75, 3.05) is 6.54 Å². The lowest BCUT2D eigenvalue weighted by molar-refractivity contribution is -0.135. The van der Waals surface area contributed by atoms with E-state index in [9.17, 15) is 14.5 Å². The Labute approximate surface area is 185 Å². The number of amides is 2. The quantitative estimate of drug-likeness (QED) is 0.193. The second-order valence-electron chi connectivity index (χ2n) is 6.22. The van der Waals surface area contributed by atoms with Gasteiger partial charge < -0.3 is 15.0 Å². The predicted molar refractivity (Wildman–Crippen MR) is 127 cm³/mol. The van der Waals surface area contributed by atoms with E-state index in [0.717, 1.165) is 0 Å². The smallest absolute Gasteiger partial charge is 0.408 e. The van der Waals surface area contributed by atoms with Crippen molar-refractivity contribution in [3.05, 3.63) is 17.6 Å². The van der Waals surface area contributed by atoms with E-state index in [1.807, 2.05) is 19.9 Å². The van der Waals surface area contributed by atoms with Gasteiger partial charge in [-0.15, -0.1) is 24.3 Å². The number of hydrogen-bond acceptors (Lipinski definition) is 5. The van der Waals surface area contributed by atoms with Gasteiger partial charge in [-0.1, -0.05) is 46.6 Å². The molecule has 0 aliphatic rings. The summed E-state index contributed by atoms with van der Waals surface area (Å²) in [4.78, 5) is 35.5. The highest BCUT2D eigenvalue weighted by molar-refractivity contribution is 5.85. The molecular formula is C23H45N3O4. The number of carbonyl (C=O) groups is 2. The number of unbranched alkanes of at least 4 members (excludes halogenated alkanes) is 3. The Kier molecular flexibility index (Phi) is 31.2. The lowest BCUT2D eigenvalue weighted by Crippen LogP contribution is -2.50. The van der Waals surface area contributed by atoms with Gasteiger partial charge in [0.15, 0.2) is 6.17 Å². The molecule has 7 heteroatoms. The fourth-order valence-electron chi connectivity index (χ4n) is 2.14. The van der Waals surface area contributed by atoms with Crippen LogP contribution >= 0.6 is 0 Å². The van der Waals surface area contributed by atoms with Crippen LogP contribution in [0.1, 0.15) is 87.5 Å². The fraction of sp³-hybridized carbons (Fsp3) is 0.739. The van der Waals surface area contributed by atoms with Crippen LogP contribution in [-0.4, -0.2) is 41.8 Å². The molecule has 0 rings (SSSR count). The monoisotopic (exact) mass is 427 g/mol. The summed E-state index contributed by atoms with van der Waals surface area (Å²) >= 11 is 0. The third kappa shape index (κ3) is 20.4. The zero-order valence-corrected chi connectivity index (χ0v) is 20.4. The molecule has 0 aliphatic carbocycles. The van der Waals surface area contributed by atoms with Gasteiger partial charge in [0.2, 0.25) is 5.91 Å². The minimum Gasteiger partial charge on any atom is -0.447 e. The van der Waals surface area contributed by atoms with Gasteiger partial charge in [-0.05, 0) is 52.1 Å². The zero-order chi connectivity index (χ0) is 24.5. The van der Waals surface area contributed by atoms with Gasteiger partial charge in [0.25, 0.3) is 0 Å². The highest BCUT2D eigenvalue weighted by atomic mass is 16.6. The Balaban J connectivity index is -0.000000256. The van der Waals surface area contributed by atoms with Crippen molar-refractivity contribution >= 4 is 12.0 Å². The topological polar surface area (TPSA) is 88.1 Å². The summed E-state index contributed by atoms with van der Waals surface area (Å²) in [6, 6.07) is -0.762. The molecule has 0 fully saturated rings. The highest BCUT2D eigenvalue weighted by Gasteiger charge is 2.27. The van der Waals surface area contributed by atoms with E-state index >= 15 is 0 Å². The Bertz CT molecular complexity index is 451. The molecule has 0 saturated heterocycles. The normalized spacial score (nSPS) is 10.9. The molecule has 0 radical (unpaired) electrons. The molecule has 1 N–H and O–H groups in total. The van der Waals surface area contributed by atoms with Crippen molar-refractivity contribution < 1.29 is 14.3 Å². The maximum atomic E-state index is 12.1. The van der Waals surface area contributed by atoms with Crippen molar-refractivity contribution in [3.63, 3.8) is 0 Å². The van der Waals surface area contributed by atoms with Crippen molar-refractivity contribution in [3.8, 4) is 12.8 Å². The number of nitrogens with one attached hydrogen (secondary N) is 1. The Morgan fingerprint density at radius 3 is 2.00 bits per heavy atom. The van der Waals surface area contributed by atoms with E-state index in [0.29, 0.717) is 13.0 Å². The Hall–Kier alpha value is -2.36. The average molecular weight is 428 g/mol. The number of nitroso groups, excluding NO2 is 1. The van der Waals surface area contributed by atoms with Crippen molar-refractivity contribution in [2.24, 2.45) is 5.18 Å². The molecule has 1 unspecified atom stereocenters. The summed E-state index contributed by atoms with van der Waals surface area (Å²) in [6.45, 7) is 18.7. The van der Waals surface area contributed by atoms with Gasteiger partial charge >= 0.3 is 6.09 Å². The van der Waals surface area contributed by atoms with Crippen LogP contribution in [0.3, 0.4) is 0 Å². The Morgan fingerprint density at radius 2 is 1.67 bits per heavy atom. The van der Waals surface area contributed by atoms with E-state index in [2.05, 4.69) is 36.8 Å². The van der Waals surface area contributed by atoms with Gasteiger partial charge in [0.05, 0.1) is 6.10 Å². The first kappa shape index (κ1) is 35.1. The summed E-state index contributed by atoms with van der Waals surface area (Å²) in [5.41, 5.74) is 0. The minimum absolute atomic E-state index is 0.260. The summed E-state index contributed by atoms with van der Waals surface area (Å²) in [7, 11) is 0. The third-order valence-electron chi connectivity index (χ3n) is 3.53. The lowest BCUT2D eigenvalue weighted by atomic mass is 10.2. The van der Waals surface area contributed by atoms with Crippen LogP contribution in [0.5, 0.6) is 0 Å². The molecule has 30 heavy (non-hydrogen) atoms. The molecule has 0 aromatic carbocycles. The summed E-state index contributed by atoms with van der Waals surface area (Å²) < 4.78 is 4.89. The van der Waals surface area contributed by atoms with Crippen LogP contribution in [0, 0.1) is 17.8 Å². The predicted octanol–water partition coefficient (Wildman–Crippen LogP) is 5.89. The molecule has 0 heterocycles. The second-order valence-corrected chi connectivity index (χ2v) is 6.22. The third-order valence-corrected chi connectivity index (χ3v) is 3.53. The molecule has 0 bridgehead atoms. The van der Waals surface area contributed by atoms with E-state index in [4.69, 9.17) is 4.74 Å². The van der Waals surface area contributed by atoms with E-state index in [1.54, 1.807) is 34.6 Å². The largest absolute Gasteiger partial charge is 0.447 e. The van der Waals surface area contributed by atoms with E-state index in [-0.39, 0.29) is 12.0 Å². The van der Waals surface area contributed by atoms with Gasteiger partial charge in [-0.2, -0.15) is 0 Å². The maximum absolute atomic E-state index is 12.1. The van der Waals surface area contributed by atoms with Gasteiger partial charge in [0, 0.05) is 6.54 Å². The van der Waals surface area contributed by atoms with Crippen LogP contribution in [0.25, 0.3) is 0 Å². The number of rotatable bonds is 11. The van der Waals surface area contributed by atoms with Gasteiger partial charge in [-0.3, -0.25) is 4.79 Å². The number of alkyl carbamates (subject to hydrolysis) is 1. The number of ether oxygens (including phenoxy) is 1. The molecule has 176 valence electrons. The van der Waals surface area contributed by atoms with Crippen molar-refractivity contribution in [1.29, 1.82) is 0 Å². The molecule has 2 atom stereocenters. The van der Waals surface area contributed by atoms with Crippen LogP contribution < -0.4 is 5.32 Å². The van der Waals surface area contributed by atoms with E-state index < -0.39 is 18.3 Å². The number of nitrogens with zero attached hydrogens (tertiary/aromatic N) is 2. The molecule has 2 amide bonds. The lowest BCUT2D eigenvalue weighted by Gasteiger charge is -2.27. The van der Waals surface area contributed by atoms with Crippen LogP contribution in [0.15, 0.2) is 17.8 Å². The maximum Gasteiger partial charge on any atom is 0.408 e. The molecular weight excluding hydrogens is 382 g/mol. The fourth-order valence-corrected chi connectivity index (χ4v) is 2.14. The SMILES string of the molecule is C#C.C=CCCCCC.CC.CC[C@@H](N=O)N(CC)C(=O)C(C)NC(=O)OC(C)C. The minimum atomic E-state index is -0.762. The van der Waals surface area contributed by atoms with Gasteiger partial charge in [-0.25, -0.2) is 4.79 Å². The molecule has 0 spiro atoms. The Morgan fingerprint density at radius 1 is 1.13 bits per heavy atom. The number of hydrogen-bond donors (Lipinski definition) is 1. The first-order valence-corrected chi connectivity index (χ1v) is 10.8. The average Bonchev–Trinajstić information content (AvgIpc) is 2.74. The number of allylic oxidation sites excluding steroid dienone is 1. The van der Waals surface area contributed by atoms with Crippen molar-refractivity contribution in [2.45, 2.75) is 106 Å². The standard InChI is InChI=1S/C12H23N3O4.C7H14.C2H6.C2H2/c1-6-10(14-18)15(7-2)11(16)9(5)13-12(17)19-8(3)4;1-3-5-7-6-4-2;2*1-2/h8-10H,6-7H2,1-5H3,(H,13,17);3H,1,4-7H2,2H3;1-2H3;1-2H/t9?,10-;;;/m0.../s1. The van der Waals surface area contributed by atoms with Crippen LogP contribution in [0.2, 0.25) is 0 Å². The summed E-state index contributed by atoms with van der Waals surface area (Å²) in [6.07, 6.45) is 14.0. The number of terminal acetylenes is 1. The number of likely N-dealkylation sites (N-methyl/N-ethyl adjacent to an activating group) is 1. The molecule has 0 aliphatic heterocycles. The summed E-state index contributed by atoms with van der Waals surface area (Å²) in [5, 5.41) is 5.35. The molecule has 0 aromatic rings. The molecule has 7 nitrogen and oxygen atoms in total. The van der Waals surface area contributed by atoms with Crippen molar-refractivity contribution in [1.82, 2.24) is 10.2 Å². The zero-order valence-electron chi connectivity index (χ0n) is 20.4. The van der Waals surface area contributed by atoms with E-state index in [1.165, 1.54) is 30.6 Å². The molecule has 0 saturated carbocycles. The van der Waals surface area contributed by atoms with Crippen LogP contribution in [0.4, 0.5) is 4.79 Å². The summed E-state index contributed by atoms with van der Waals surface area (Å²) in [5.74, 6) is -0.352. The second kappa shape index (κ2) is 26.6. The highest BCUT2D eigenvalue weighted by Crippen LogP contribution is 2.08. The first-order valence-electron chi connectivity index (χ1n) is 10.8. The first-order chi connectivity index (χ1) is 14.3. The van der Waals surface area contributed by atoms with Gasteiger partial charge in [0.1, 0.15) is 6.04 Å². The van der Waals surface area contributed by atoms with Crippen LogP contribution in [-0.2, 0) is 9.53 Å².